The molecule has 28 valence electrons. The van der Waals surface area contributed by atoms with Crippen LogP contribution in [-0.4, -0.2) is 84.6 Å². The summed E-state index contributed by atoms with van der Waals surface area (Å²) in [6, 6.07) is 0. The molecule has 0 atom stereocenters. The number of hydrogen-bond donors (Lipinski definition) is 0. The minimum atomic E-state index is -3.63. The summed E-state index contributed by atoms with van der Waals surface area (Å²) >= 11 is 0. The van der Waals surface area contributed by atoms with E-state index < -0.39 is 9.17 Å². The topological polar surface area (TPSA) is 63.2 Å². The Bertz CT molecular complexity index is 38.3. The molecule has 0 amide bonds. The first-order valence-corrected chi connectivity index (χ1v) is 1.84. The van der Waals surface area contributed by atoms with Crippen molar-refractivity contribution < 1.29 is 16.9 Å². The zero-order chi connectivity index (χ0) is 3.58. The van der Waals surface area contributed by atoms with Crippen LogP contribution in [-0.2, 0) is 4.46 Å². The molecule has 0 radical (unpaired) electrons. The normalized spacial score (nSPS) is 4.00. The molecule has 0 spiro atoms. The van der Waals surface area contributed by atoms with Gasteiger partial charge in [0.25, 0.3) is 0 Å². The van der Waals surface area contributed by atoms with Crippen molar-refractivity contribution in [2.75, 3.05) is 0 Å². The number of rotatable bonds is 0. The van der Waals surface area contributed by atoms with Gasteiger partial charge in [0.1, 0.15) is 0 Å². The third-order valence-electron chi connectivity index (χ3n) is 0. The van der Waals surface area contributed by atoms with Gasteiger partial charge in [0.15, 0.2) is 0 Å². The molecule has 0 aromatic carbocycles. The van der Waals surface area contributed by atoms with E-state index in [9.17, 15) is 0 Å². The van der Waals surface area contributed by atoms with Crippen LogP contribution in [0.1, 0.15) is 2.85 Å². The van der Waals surface area contributed by atoms with Crippen LogP contribution in [0, 0.1) is 0 Å². The molecule has 0 unspecified atom stereocenters. The minimum Gasteiger partial charge on any atom is -1.00 e. The van der Waals surface area contributed by atoms with Gasteiger partial charge < -0.3 is 16.9 Å². The van der Waals surface area contributed by atoms with Crippen LogP contribution in [0.3, 0.4) is 0 Å². The van der Waals surface area contributed by atoms with Gasteiger partial charge in [0.05, 0.1) is 0 Å². The first kappa shape index (κ1) is 15.7. The molecule has 0 aromatic rings. The van der Waals surface area contributed by atoms with Crippen molar-refractivity contribution >= 4 is 84.6 Å². The second-order valence-corrected chi connectivity index (χ2v) is 0.750. The van der Waals surface area contributed by atoms with Crippen molar-refractivity contribution in [2.24, 2.45) is 0 Å². The van der Waals surface area contributed by atoms with Crippen LogP contribution in [0.15, 0.2) is 0 Å². The van der Waals surface area contributed by atoms with Gasteiger partial charge in [-0.2, -0.15) is 0 Å². The second kappa shape index (κ2) is 10.2. The summed E-state index contributed by atoms with van der Waals surface area (Å²) in [5.74, 6) is 0. The Labute approximate surface area is 99.6 Å². The molecule has 0 saturated carbocycles. The van der Waals surface area contributed by atoms with Crippen molar-refractivity contribution in [1.82, 2.24) is 0 Å². The maximum absolute atomic E-state index is 8.52. The zero-order valence-electron chi connectivity index (χ0n) is 5.14. The first-order valence-electron chi connectivity index (χ1n) is 0.612. The first-order chi connectivity index (χ1) is 1.73. The molecule has 3 nitrogen and oxygen atoms in total. The summed E-state index contributed by atoms with van der Waals surface area (Å²) in [5.41, 5.74) is 0. The van der Waals surface area contributed by atoms with Crippen molar-refractivity contribution in [3.63, 3.8) is 0 Å². The Morgan fingerprint density at radius 2 is 1.33 bits per heavy atom. The van der Waals surface area contributed by atoms with E-state index in [1.165, 1.54) is 0 Å². The molecule has 0 aliphatic heterocycles. The fourth-order valence-corrected chi connectivity index (χ4v) is 0. The quantitative estimate of drug-likeness (QED) is 0.345. The summed E-state index contributed by atoms with van der Waals surface area (Å²) in [6.45, 7) is 0. The van der Waals surface area contributed by atoms with Gasteiger partial charge in [-0.25, -0.2) is 0 Å². The van der Waals surface area contributed by atoms with E-state index in [2.05, 4.69) is 0 Å². The summed E-state index contributed by atoms with van der Waals surface area (Å²) in [4.78, 5) is 17.0. The molecule has 0 heterocycles. The summed E-state index contributed by atoms with van der Waals surface area (Å²) in [7, 11) is -3.63. The van der Waals surface area contributed by atoms with Gasteiger partial charge in [-0.05, 0) is 0 Å². The SMILES string of the molecule is O=[Si]([O-])[O-].[Ca+2].[Ca+2].[H-].[H-]. The monoisotopic (exact) mass is 158 g/mol. The maximum Gasteiger partial charge on any atom is 2.00 e. The van der Waals surface area contributed by atoms with Gasteiger partial charge >= 0.3 is 75.5 Å². The van der Waals surface area contributed by atoms with E-state index in [-0.39, 0.29) is 78.3 Å². The zero-order valence-corrected chi connectivity index (χ0v) is 8.56. The predicted molar refractivity (Wildman–Crippen MR) is 20.2 cm³/mol. The van der Waals surface area contributed by atoms with Gasteiger partial charge in [0.2, 0.25) is 0 Å². The van der Waals surface area contributed by atoms with Gasteiger partial charge in [-0.15, -0.1) is 0 Å². The molecule has 0 aromatic heterocycles. The fourth-order valence-electron chi connectivity index (χ4n) is 0. The summed E-state index contributed by atoms with van der Waals surface area (Å²) < 4.78 is 8.52. The van der Waals surface area contributed by atoms with Gasteiger partial charge in [0, 0.05) is 9.17 Å². The van der Waals surface area contributed by atoms with Crippen molar-refractivity contribution in [3.8, 4) is 0 Å². The standard InChI is InChI=1S/2Ca.O3Si.2H/c;;1-4(2)3;;/q2*+2;-2;2*-1. The van der Waals surface area contributed by atoms with Crippen molar-refractivity contribution in [1.29, 1.82) is 0 Å². The van der Waals surface area contributed by atoms with E-state index in [4.69, 9.17) is 14.1 Å². The average molecular weight is 158 g/mol. The maximum atomic E-state index is 8.52. The van der Waals surface area contributed by atoms with Crippen LogP contribution >= 0.6 is 0 Å². The van der Waals surface area contributed by atoms with Crippen LogP contribution in [0.25, 0.3) is 0 Å². The summed E-state index contributed by atoms with van der Waals surface area (Å²) in [6.07, 6.45) is 0. The van der Waals surface area contributed by atoms with Crippen LogP contribution in [0.2, 0.25) is 0 Å². The average Bonchev–Trinajstić information content (AvgIpc) is 0.811. The van der Waals surface area contributed by atoms with Crippen LogP contribution in [0.5, 0.6) is 0 Å². The fraction of sp³-hybridized carbons (Fsp3) is 0. The molecular weight excluding hydrogens is 156 g/mol. The molecular formula is H2Ca2O3Si. The van der Waals surface area contributed by atoms with E-state index in [1.54, 1.807) is 0 Å². The summed E-state index contributed by atoms with van der Waals surface area (Å²) in [5, 5.41) is 0. The predicted octanol–water partition coefficient (Wildman–Crippen LogP) is -3.41. The molecule has 0 bridgehead atoms. The molecule has 6 heteroatoms. The van der Waals surface area contributed by atoms with E-state index >= 15 is 0 Å². The third kappa shape index (κ3) is 35.5. The smallest absolute Gasteiger partial charge is 1.00 e. The Hall–Kier alpha value is 2.14. The largest absolute Gasteiger partial charge is 2.00 e. The molecule has 0 aliphatic carbocycles. The van der Waals surface area contributed by atoms with Crippen LogP contribution < -0.4 is 9.59 Å². The molecule has 0 aliphatic rings. The van der Waals surface area contributed by atoms with Gasteiger partial charge in [-0.3, -0.25) is 0 Å². The van der Waals surface area contributed by atoms with Crippen LogP contribution in [0.4, 0.5) is 0 Å². The molecule has 0 fully saturated rings. The molecule has 0 rings (SSSR count). The van der Waals surface area contributed by atoms with Crippen molar-refractivity contribution in [3.05, 3.63) is 0 Å². The number of hydrogen-bond acceptors (Lipinski definition) is 3. The molecule has 0 N–H and O–H groups in total. The van der Waals surface area contributed by atoms with Gasteiger partial charge in [-0.1, -0.05) is 0 Å². The molecule has 0 saturated heterocycles. The second-order valence-electron chi connectivity index (χ2n) is 0.250. The third-order valence-corrected chi connectivity index (χ3v) is 0. The van der Waals surface area contributed by atoms with E-state index in [0.717, 1.165) is 0 Å². The van der Waals surface area contributed by atoms with E-state index in [1.807, 2.05) is 0 Å². The Kier molecular flexibility index (Phi) is 26.7. The van der Waals surface area contributed by atoms with E-state index in [0.29, 0.717) is 0 Å². The Balaban J connectivity index is -0.00000000750. The minimum absolute atomic E-state index is 0. The Morgan fingerprint density at radius 3 is 1.33 bits per heavy atom. The molecule has 6 heavy (non-hydrogen) atoms. The Morgan fingerprint density at radius 1 is 1.33 bits per heavy atom. The van der Waals surface area contributed by atoms with Crippen molar-refractivity contribution in [2.45, 2.75) is 0 Å².